The topological polar surface area (TPSA) is 94.8 Å². The zero-order valence-corrected chi connectivity index (χ0v) is 19.9. The number of ether oxygens (including phenoxy) is 2. The number of aromatic nitrogens is 1. The van der Waals surface area contributed by atoms with Crippen LogP contribution in [0.2, 0.25) is 0 Å². The number of hydrogen-bond acceptors (Lipinski definition) is 6. The van der Waals surface area contributed by atoms with Gasteiger partial charge in [0.15, 0.2) is 6.61 Å². The number of aliphatic hydroxyl groups is 1. The highest BCUT2D eigenvalue weighted by molar-refractivity contribution is 5.99. The lowest BCUT2D eigenvalue weighted by molar-refractivity contribution is -0.195. The zero-order chi connectivity index (χ0) is 24.3. The van der Waals surface area contributed by atoms with E-state index in [-0.39, 0.29) is 18.4 Å². The maximum Gasteiger partial charge on any atom is 0.337 e. The van der Waals surface area contributed by atoms with Gasteiger partial charge in [-0.15, -0.1) is 0 Å². The molecule has 1 heterocycles. The first-order valence-electron chi connectivity index (χ1n) is 11.9. The van der Waals surface area contributed by atoms with Crippen molar-refractivity contribution in [3.63, 3.8) is 0 Å². The molecule has 2 atom stereocenters. The second-order valence-electron chi connectivity index (χ2n) is 10.6. The van der Waals surface area contributed by atoms with Crippen LogP contribution < -0.4 is 0 Å². The van der Waals surface area contributed by atoms with Gasteiger partial charge in [0.2, 0.25) is 5.78 Å². The molecule has 2 aromatic rings. The molecule has 6 rings (SSSR count). The molecule has 0 saturated heterocycles. The lowest BCUT2D eigenvalue weighted by atomic mass is 9.48. The molecule has 2 unspecified atom stereocenters. The van der Waals surface area contributed by atoms with Crippen LogP contribution in [-0.4, -0.2) is 46.7 Å². The number of rotatable bonds is 6. The molecular weight excluding hydrogens is 434 g/mol. The Balaban J connectivity index is 1.30. The van der Waals surface area contributed by atoms with Gasteiger partial charge in [-0.25, -0.2) is 4.79 Å². The summed E-state index contributed by atoms with van der Waals surface area (Å²) in [6.07, 6.45) is 4.62. The number of nitrogens with zero attached hydrogens (tertiary/aromatic N) is 1. The van der Waals surface area contributed by atoms with Crippen LogP contribution in [0.3, 0.4) is 0 Å². The number of hydrogen-bond donors (Lipinski definition) is 1. The minimum absolute atomic E-state index is 0.248. The van der Waals surface area contributed by atoms with Crippen LogP contribution in [0.5, 0.6) is 0 Å². The number of esters is 2. The van der Waals surface area contributed by atoms with Crippen LogP contribution in [0, 0.1) is 31.1 Å². The smallest absolute Gasteiger partial charge is 0.337 e. The Hall–Kier alpha value is -2.93. The maximum absolute atomic E-state index is 13.1. The Labute approximate surface area is 199 Å². The molecule has 180 valence electrons. The molecule has 0 spiro atoms. The van der Waals surface area contributed by atoms with Crippen molar-refractivity contribution in [1.29, 1.82) is 0 Å². The van der Waals surface area contributed by atoms with Gasteiger partial charge in [0.1, 0.15) is 0 Å². The molecule has 0 aliphatic heterocycles. The van der Waals surface area contributed by atoms with Gasteiger partial charge in [-0.1, -0.05) is 0 Å². The number of carbonyl (C=O) groups excluding carboxylic acids is 3. The Morgan fingerprint density at radius 1 is 1.06 bits per heavy atom. The van der Waals surface area contributed by atoms with E-state index in [2.05, 4.69) is 0 Å². The summed E-state index contributed by atoms with van der Waals surface area (Å²) in [5.41, 5.74) is 1.99. The Morgan fingerprint density at radius 2 is 1.71 bits per heavy atom. The molecule has 34 heavy (non-hydrogen) atoms. The summed E-state index contributed by atoms with van der Waals surface area (Å²) in [6, 6.07) is 8.77. The van der Waals surface area contributed by atoms with E-state index in [1.807, 2.05) is 18.4 Å². The molecule has 4 saturated carbocycles. The predicted octanol–water partition coefficient (Wildman–Crippen LogP) is 3.94. The van der Waals surface area contributed by atoms with Crippen molar-refractivity contribution >= 4 is 17.7 Å². The summed E-state index contributed by atoms with van der Waals surface area (Å²) in [5, 5.41) is 10.9. The first kappa shape index (κ1) is 22.8. The van der Waals surface area contributed by atoms with Gasteiger partial charge in [-0.3, -0.25) is 9.59 Å². The number of ketones is 1. The van der Waals surface area contributed by atoms with Gasteiger partial charge in [0.05, 0.1) is 23.7 Å². The maximum atomic E-state index is 13.1. The third-order valence-electron chi connectivity index (χ3n) is 8.08. The molecule has 1 aromatic heterocycles. The summed E-state index contributed by atoms with van der Waals surface area (Å²) in [7, 11) is 1.34. The zero-order valence-electron chi connectivity index (χ0n) is 19.9. The molecule has 7 nitrogen and oxygen atoms in total. The summed E-state index contributed by atoms with van der Waals surface area (Å²) >= 11 is 0. The lowest BCUT2D eigenvalue weighted by Gasteiger charge is -2.58. The van der Waals surface area contributed by atoms with Crippen LogP contribution in [0.25, 0.3) is 5.69 Å². The van der Waals surface area contributed by atoms with E-state index in [9.17, 15) is 19.5 Å². The average Bonchev–Trinajstić information content (AvgIpc) is 3.09. The van der Waals surface area contributed by atoms with E-state index in [1.165, 1.54) is 7.11 Å². The fraction of sp³-hybridized carbons (Fsp3) is 0.519. The van der Waals surface area contributed by atoms with E-state index in [1.54, 1.807) is 30.3 Å². The fourth-order valence-corrected chi connectivity index (χ4v) is 7.12. The molecule has 4 aliphatic carbocycles. The van der Waals surface area contributed by atoms with Crippen LogP contribution in [0.15, 0.2) is 30.3 Å². The van der Waals surface area contributed by atoms with Crippen LogP contribution >= 0.6 is 0 Å². The molecule has 7 heteroatoms. The van der Waals surface area contributed by atoms with Crippen molar-refractivity contribution in [2.24, 2.45) is 17.3 Å². The number of benzene rings is 1. The number of aryl methyl sites for hydroxylation is 1. The normalized spacial score (nSPS) is 29.2. The molecule has 4 bridgehead atoms. The second-order valence-corrected chi connectivity index (χ2v) is 10.6. The van der Waals surface area contributed by atoms with Crippen molar-refractivity contribution in [3.8, 4) is 5.69 Å². The average molecular weight is 466 g/mol. The minimum Gasteiger partial charge on any atom is -0.465 e. The summed E-state index contributed by atoms with van der Waals surface area (Å²) in [6.45, 7) is 3.45. The van der Waals surface area contributed by atoms with E-state index in [4.69, 9.17) is 9.47 Å². The van der Waals surface area contributed by atoms with Gasteiger partial charge in [-0.2, -0.15) is 0 Å². The lowest BCUT2D eigenvalue weighted by Crippen LogP contribution is -2.58. The highest BCUT2D eigenvalue weighted by Gasteiger charge is 2.60. The Bertz CT molecular complexity index is 1150. The second kappa shape index (κ2) is 8.08. The van der Waals surface area contributed by atoms with Gasteiger partial charge < -0.3 is 19.1 Å². The molecule has 4 aliphatic rings. The number of carbonyl (C=O) groups is 3. The SMILES string of the molecule is COC(=O)c1ccc(-n2c(C)cc(C(=O)COC(=O)C34CC5CC(CC(O)(C5)C3)C4)c2C)cc1. The minimum atomic E-state index is -0.749. The van der Waals surface area contributed by atoms with Gasteiger partial charge >= 0.3 is 11.9 Å². The van der Waals surface area contributed by atoms with E-state index >= 15 is 0 Å². The van der Waals surface area contributed by atoms with E-state index in [0.717, 1.165) is 49.2 Å². The Kier molecular flexibility index (Phi) is 5.43. The van der Waals surface area contributed by atoms with Crippen molar-refractivity contribution in [2.75, 3.05) is 13.7 Å². The highest BCUT2D eigenvalue weighted by Crippen LogP contribution is 2.62. The van der Waals surface area contributed by atoms with Crippen molar-refractivity contribution in [3.05, 3.63) is 52.8 Å². The third-order valence-corrected chi connectivity index (χ3v) is 8.08. The quantitative estimate of drug-likeness (QED) is 0.513. The van der Waals surface area contributed by atoms with Gasteiger partial charge in [-0.05, 0) is 94.5 Å². The molecular formula is C27H31NO6. The first-order chi connectivity index (χ1) is 16.1. The van der Waals surface area contributed by atoms with Crippen molar-refractivity contribution in [2.45, 2.75) is 58.0 Å². The van der Waals surface area contributed by atoms with E-state index < -0.39 is 17.0 Å². The molecule has 4 fully saturated rings. The van der Waals surface area contributed by atoms with Crippen molar-refractivity contribution < 1.29 is 29.0 Å². The Morgan fingerprint density at radius 3 is 2.29 bits per heavy atom. The fourth-order valence-electron chi connectivity index (χ4n) is 7.12. The molecule has 1 aromatic carbocycles. The van der Waals surface area contributed by atoms with Crippen LogP contribution in [-0.2, 0) is 14.3 Å². The molecule has 0 radical (unpaired) electrons. The standard InChI is InChI=1S/C27H31NO6/c1-16-8-22(17(2)28(16)21-6-4-20(5-7-21)24(30)33-3)23(29)14-34-25(31)26-10-18-9-19(11-26)13-27(32,12-18)15-26/h4-8,18-19,32H,9-15H2,1-3H3. The summed E-state index contributed by atoms with van der Waals surface area (Å²) in [5.74, 6) is -0.239. The van der Waals surface area contributed by atoms with Gasteiger partial charge in [0, 0.05) is 22.6 Å². The first-order valence-corrected chi connectivity index (χ1v) is 11.9. The van der Waals surface area contributed by atoms with Crippen molar-refractivity contribution in [1.82, 2.24) is 4.57 Å². The number of Topliss-reactive ketones (excluding diaryl/α,β-unsaturated/α-hetero) is 1. The molecule has 0 amide bonds. The monoisotopic (exact) mass is 465 g/mol. The van der Waals surface area contributed by atoms with E-state index in [0.29, 0.717) is 29.4 Å². The summed E-state index contributed by atoms with van der Waals surface area (Å²) < 4.78 is 12.3. The van der Waals surface area contributed by atoms with Crippen LogP contribution in [0.1, 0.15) is 70.6 Å². The largest absolute Gasteiger partial charge is 0.465 e. The number of methoxy groups -OCH3 is 1. The van der Waals surface area contributed by atoms with Crippen LogP contribution in [0.4, 0.5) is 0 Å². The third kappa shape index (κ3) is 3.76. The molecule has 1 N–H and O–H groups in total. The highest BCUT2D eigenvalue weighted by atomic mass is 16.5. The predicted molar refractivity (Wildman–Crippen MR) is 124 cm³/mol. The summed E-state index contributed by atoms with van der Waals surface area (Å²) in [4.78, 5) is 37.9. The van der Waals surface area contributed by atoms with Gasteiger partial charge in [0.25, 0.3) is 0 Å².